The molecule has 0 aliphatic heterocycles. The first-order chi connectivity index (χ1) is 11.5. The van der Waals surface area contributed by atoms with E-state index in [9.17, 15) is 9.18 Å². The molecule has 0 bridgehead atoms. The maximum atomic E-state index is 14.0. The van der Waals surface area contributed by atoms with E-state index < -0.39 is 0 Å². The lowest BCUT2D eigenvalue weighted by Crippen LogP contribution is -2.21. The van der Waals surface area contributed by atoms with E-state index in [1.54, 1.807) is 24.3 Å². The molecule has 3 aromatic rings. The van der Waals surface area contributed by atoms with Crippen molar-refractivity contribution in [3.05, 3.63) is 62.9 Å². The van der Waals surface area contributed by atoms with Crippen LogP contribution in [-0.2, 0) is 6.54 Å². The van der Waals surface area contributed by atoms with E-state index >= 15 is 0 Å². The van der Waals surface area contributed by atoms with Gasteiger partial charge in [0.15, 0.2) is 11.5 Å². The molecule has 124 valence electrons. The van der Waals surface area contributed by atoms with Gasteiger partial charge in [-0.1, -0.05) is 22.0 Å². The second-order valence-corrected chi connectivity index (χ2v) is 6.05. The normalized spacial score (nSPS) is 10.8. The first-order valence-corrected chi connectivity index (χ1v) is 7.88. The maximum absolute atomic E-state index is 14.0. The van der Waals surface area contributed by atoms with E-state index in [-0.39, 0.29) is 17.9 Å². The van der Waals surface area contributed by atoms with Crippen molar-refractivity contribution in [2.24, 2.45) is 0 Å². The van der Waals surface area contributed by atoms with Crippen molar-refractivity contribution in [2.75, 3.05) is 14.2 Å². The molecule has 1 heterocycles. The Bertz CT molecular complexity index is 972. The standard InChI is InChI=1S/C17H14BrFN2O3/c1-23-15-6-12-14(7-16(15)24-2)20-9-21(17(12)22)8-10-3-4-11(18)5-13(10)19/h3-7,9H,8H2,1-2H3. The van der Waals surface area contributed by atoms with Gasteiger partial charge in [-0.3, -0.25) is 9.36 Å². The van der Waals surface area contributed by atoms with E-state index in [4.69, 9.17) is 9.47 Å². The number of rotatable bonds is 4. The van der Waals surface area contributed by atoms with Crippen LogP contribution in [0.15, 0.2) is 45.9 Å². The molecule has 2 aromatic carbocycles. The van der Waals surface area contributed by atoms with Crippen LogP contribution in [0.4, 0.5) is 4.39 Å². The summed E-state index contributed by atoms with van der Waals surface area (Å²) >= 11 is 3.21. The zero-order valence-corrected chi connectivity index (χ0v) is 14.6. The monoisotopic (exact) mass is 392 g/mol. The average molecular weight is 393 g/mol. The molecule has 0 radical (unpaired) electrons. The van der Waals surface area contributed by atoms with E-state index in [2.05, 4.69) is 20.9 Å². The highest BCUT2D eigenvalue weighted by molar-refractivity contribution is 9.10. The van der Waals surface area contributed by atoms with E-state index in [1.165, 1.54) is 31.2 Å². The quantitative estimate of drug-likeness (QED) is 0.682. The van der Waals surface area contributed by atoms with Crippen LogP contribution >= 0.6 is 15.9 Å². The van der Waals surface area contributed by atoms with Crippen molar-refractivity contribution in [2.45, 2.75) is 6.54 Å². The molecule has 1 aromatic heterocycles. The van der Waals surface area contributed by atoms with Gasteiger partial charge in [-0.25, -0.2) is 9.37 Å². The van der Waals surface area contributed by atoms with Crippen molar-refractivity contribution >= 4 is 26.8 Å². The Morgan fingerprint density at radius 2 is 1.88 bits per heavy atom. The molecule has 24 heavy (non-hydrogen) atoms. The minimum atomic E-state index is -0.385. The molecule has 0 fully saturated rings. The second-order valence-electron chi connectivity index (χ2n) is 5.14. The van der Waals surface area contributed by atoms with Crippen molar-refractivity contribution in [3.63, 3.8) is 0 Å². The van der Waals surface area contributed by atoms with Gasteiger partial charge >= 0.3 is 0 Å². The lowest BCUT2D eigenvalue weighted by molar-refractivity contribution is 0.355. The predicted molar refractivity (Wildman–Crippen MR) is 92.3 cm³/mol. The first kappa shape index (κ1) is 16.4. The highest BCUT2D eigenvalue weighted by Crippen LogP contribution is 2.29. The SMILES string of the molecule is COc1cc2ncn(Cc3ccc(Br)cc3F)c(=O)c2cc1OC. The minimum Gasteiger partial charge on any atom is -0.493 e. The molecule has 0 N–H and O–H groups in total. The molecular weight excluding hydrogens is 379 g/mol. The molecule has 7 heteroatoms. The van der Waals surface area contributed by atoms with Gasteiger partial charge in [-0.2, -0.15) is 0 Å². The number of fused-ring (bicyclic) bond motifs is 1. The fourth-order valence-corrected chi connectivity index (χ4v) is 2.76. The van der Waals surface area contributed by atoms with Gasteiger partial charge in [-0.05, 0) is 18.2 Å². The maximum Gasteiger partial charge on any atom is 0.261 e. The molecule has 0 unspecified atom stereocenters. The summed E-state index contributed by atoms with van der Waals surface area (Å²) in [5, 5.41) is 0.382. The van der Waals surface area contributed by atoms with Gasteiger partial charge in [0.2, 0.25) is 0 Å². The molecule has 0 atom stereocenters. The summed E-state index contributed by atoms with van der Waals surface area (Å²) in [6, 6.07) is 7.94. The second kappa shape index (κ2) is 6.60. The van der Waals surface area contributed by atoms with Gasteiger partial charge in [0.1, 0.15) is 5.82 Å². The van der Waals surface area contributed by atoms with Crippen LogP contribution in [0.25, 0.3) is 10.9 Å². The van der Waals surface area contributed by atoms with Crippen molar-refractivity contribution in [1.29, 1.82) is 0 Å². The van der Waals surface area contributed by atoms with Crippen LogP contribution < -0.4 is 15.0 Å². The molecule has 5 nitrogen and oxygen atoms in total. The molecule has 0 spiro atoms. The Balaban J connectivity index is 2.09. The van der Waals surface area contributed by atoms with E-state index in [0.29, 0.717) is 32.4 Å². The summed E-state index contributed by atoms with van der Waals surface area (Å²) in [7, 11) is 3.01. The molecule has 0 amide bonds. The van der Waals surface area contributed by atoms with Crippen LogP contribution in [0, 0.1) is 5.82 Å². The summed E-state index contributed by atoms with van der Waals surface area (Å²) in [5.74, 6) is 0.550. The minimum absolute atomic E-state index is 0.0925. The zero-order chi connectivity index (χ0) is 17.3. The predicted octanol–water partition coefficient (Wildman–Crippen LogP) is 3.36. The Labute approximate surface area is 145 Å². The van der Waals surface area contributed by atoms with Gasteiger partial charge in [0, 0.05) is 16.1 Å². The molecule has 0 saturated heterocycles. The largest absolute Gasteiger partial charge is 0.493 e. The number of aromatic nitrogens is 2. The number of hydrogen-bond donors (Lipinski definition) is 0. The average Bonchev–Trinajstić information content (AvgIpc) is 2.58. The molecule has 3 rings (SSSR count). The van der Waals surface area contributed by atoms with Gasteiger partial charge in [0.05, 0.1) is 38.0 Å². The summed E-state index contributed by atoms with van der Waals surface area (Å²) < 4.78 is 26.4. The van der Waals surface area contributed by atoms with Crippen LogP contribution in [0.1, 0.15) is 5.56 Å². The lowest BCUT2D eigenvalue weighted by Gasteiger charge is -2.11. The fourth-order valence-electron chi connectivity index (χ4n) is 2.43. The number of benzene rings is 2. The lowest BCUT2D eigenvalue weighted by atomic mass is 10.2. The summed E-state index contributed by atoms with van der Waals surface area (Å²) in [6.07, 6.45) is 1.40. The number of nitrogens with zero attached hydrogens (tertiary/aromatic N) is 2. The highest BCUT2D eigenvalue weighted by atomic mass is 79.9. The Morgan fingerprint density at radius 3 is 2.54 bits per heavy atom. The molecule has 0 aliphatic rings. The Hall–Kier alpha value is -2.41. The van der Waals surface area contributed by atoms with E-state index in [0.717, 1.165) is 0 Å². The van der Waals surface area contributed by atoms with Crippen molar-refractivity contribution < 1.29 is 13.9 Å². The highest BCUT2D eigenvalue weighted by Gasteiger charge is 2.12. The van der Waals surface area contributed by atoms with Crippen LogP contribution in [-0.4, -0.2) is 23.8 Å². The zero-order valence-electron chi connectivity index (χ0n) is 13.0. The fraction of sp³-hybridized carbons (Fsp3) is 0.176. The number of hydrogen-bond acceptors (Lipinski definition) is 4. The van der Waals surface area contributed by atoms with Crippen LogP contribution in [0.5, 0.6) is 11.5 Å². The van der Waals surface area contributed by atoms with Gasteiger partial charge in [0.25, 0.3) is 5.56 Å². The van der Waals surface area contributed by atoms with Gasteiger partial charge in [-0.15, -0.1) is 0 Å². The third kappa shape index (κ3) is 2.99. The number of halogens is 2. The first-order valence-electron chi connectivity index (χ1n) is 7.08. The topological polar surface area (TPSA) is 53.4 Å². The van der Waals surface area contributed by atoms with Crippen molar-refractivity contribution in [3.8, 4) is 11.5 Å². The van der Waals surface area contributed by atoms with Crippen molar-refractivity contribution in [1.82, 2.24) is 9.55 Å². The Kier molecular flexibility index (Phi) is 4.53. The third-order valence-corrected chi connectivity index (χ3v) is 4.18. The third-order valence-electron chi connectivity index (χ3n) is 3.69. The summed E-state index contributed by atoms with van der Waals surface area (Å²) in [6.45, 7) is 0.0925. The van der Waals surface area contributed by atoms with Crippen LogP contribution in [0.3, 0.4) is 0 Å². The summed E-state index contributed by atoms with van der Waals surface area (Å²) in [4.78, 5) is 16.9. The number of ether oxygens (including phenoxy) is 2. The van der Waals surface area contributed by atoms with Gasteiger partial charge < -0.3 is 9.47 Å². The molecule has 0 saturated carbocycles. The summed E-state index contributed by atoms with van der Waals surface area (Å²) in [5.41, 5.74) is 0.621. The smallest absolute Gasteiger partial charge is 0.261 e. The molecule has 0 aliphatic carbocycles. The van der Waals surface area contributed by atoms with Crippen LogP contribution in [0.2, 0.25) is 0 Å². The number of methoxy groups -OCH3 is 2. The Morgan fingerprint density at radius 1 is 1.17 bits per heavy atom. The molecular formula is C17H14BrFN2O3. The van der Waals surface area contributed by atoms with E-state index in [1.807, 2.05) is 0 Å².